The van der Waals surface area contributed by atoms with Crippen LogP contribution >= 0.6 is 0 Å². The van der Waals surface area contributed by atoms with Gasteiger partial charge in [-0.3, -0.25) is 10.1 Å². The van der Waals surface area contributed by atoms with Crippen LogP contribution in [-0.2, 0) is 10.0 Å². The van der Waals surface area contributed by atoms with E-state index in [9.17, 15) is 18.5 Å². The minimum atomic E-state index is -3.65. The van der Waals surface area contributed by atoms with E-state index in [1.54, 1.807) is 0 Å². The molecule has 0 heterocycles. The van der Waals surface area contributed by atoms with Crippen LogP contribution in [0.15, 0.2) is 29.2 Å². The molecule has 0 bridgehead atoms. The summed E-state index contributed by atoms with van der Waals surface area (Å²) in [4.78, 5) is 9.92. The third-order valence-electron chi connectivity index (χ3n) is 2.98. The molecule has 0 saturated carbocycles. The Morgan fingerprint density at radius 1 is 1.30 bits per heavy atom. The summed E-state index contributed by atoms with van der Waals surface area (Å²) in [6.45, 7) is 4.17. The highest BCUT2D eigenvalue weighted by atomic mass is 32.2. The van der Waals surface area contributed by atoms with Gasteiger partial charge in [0.2, 0.25) is 10.0 Å². The molecule has 1 atom stereocenters. The predicted octanol–water partition coefficient (Wildman–Crippen LogP) is 1.25. The van der Waals surface area contributed by atoms with Gasteiger partial charge in [-0.25, -0.2) is 13.1 Å². The number of non-ortho nitro benzene ring substituents is 1. The molecule has 1 aromatic carbocycles. The van der Waals surface area contributed by atoms with Crippen LogP contribution in [0.5, 0.6) is 0 Å². The zero-order chi connectivity index (χ0) is 15.3. The van der Waals surface area contributed by atoms with Crippen LogP contribution in [0.3, 0.4) is 0 Å². The number of nitrogens with one attached hydrogen (secondary N) is 1. The fourth-order valence-corrected chi connectivity index (χ4v) is 2.57. The Labute approximate surface area is 118 Å². The molecule has 0 aliphatic carbocycles. The van der Waals surface area contributed by atoms with E-state index < -0.39 is 14.9 Å². The lowest BCUT2D eigenvalue weighted by molar-refractivity contribution is -0.384. The average molecular weight is 301 g/mol. The Kier molecular flexibility index (Phi) is 5.61. The Hall–Kier alpha value is -1.51. The molecule has 112 valence electrons. The summed E-state index contributed by atoms with van der Waals surface area (Å²) in [5, 5.41) is 10.5. The lowest BCUT2D eigenvalue weighted by atomic mass is 10.0. The molecule has 1 rings (SSSR count). The van der Waals surface area contributed by atoms with E-state index in [-0.39, 0.29) is 29.1 Å². The third kappa shape index (κ3) is 4.55. The van der Waals surface area contributed by atoms with Gasteiger partial charge in [0.1, 0.15) is 0 Å². The van der Waals surface area contributed by atoms with E-state index in [0.29, 0.717) is 6.42 Å². The van der Waals surface area contributed by atoms with Gasteiger partial charge in [0.15, 0.2) is 0 Å². The Morgan fingerprint density at radius 2 is 1.85 bits per heavy atom. The van der Waals surface area contributed by atoms with Gasteiger partial charge >= 0.3 is 0 Å². The zero-order valence-electron chi connectivity index (χ0n) is 11.4. The number of nitrogens with zero attached hydrogens (tertiary/aromatic N) is 1. The van der Waals surface area contributed by atoms with Gasteiger partial charge in [-0.05, 0) is 24.5 Å². The molecule has 7 nitrogen and oxygen atoms in total. The second-order valence-electron chi connectivity index (χ2n) is 4.85. The molecule has 0 fully saturated rings. The first-order chi connectivity index (χ1) is 9.24. The maximum Gasteiger partial charge on any atom is 0.269 e. The van der Waals surface area contributed by atoms with E-state index in [1.165, 1.54) is 12.1 Å². The molecule has 3 N–H and O–H groups in total. The summed E-state index contributed by atoms with van der Waals surface area (Å²) in [6.07, 6.45) is 0.532. The minimum absolute atomic E-state index is 0.00113. The second-order valence-corrected chi connectivity index (χ2v) is 6.61. The number of hydrogen-bond donors (Lipinski definition) is 2. The minimum Gasteiger partial charge on any atom is -0.327 e. The number of nitrogens with two attached hydrogens (primary N) is 1. The van der Waals surface area contributed by atoms with E-state index in [1.807, 2.05) is 13.8 Å². The summed E-state index contributed by atoms with van der Waals surface area (Å²) in [7, 11) is -3.65. The molecule has 0 saturated heterocycles. The first-order valence-corrected chi connectivity index (χ1v) is 7.72. The monoisotopic (exact) mass is 301 g/mol. The van der Waals surface area contributed by atoms with E-state index in [2.05, 4.69) is 4.72 Å². The van der Waals surface area contributed by atoms with Gasteiger partial charge in [0.05, 0.1) is 9.82 Å². The van der Waals surface area contributed by atoms with Crippen LogP contribution in [0.4, 0.5) is 5.69 Å². The van der Waals surface area contributed by atoms with Crippen LogP contribution in [0.25, 0.3) is 0 Å². The molecule has 0 unspecified atom stereocenters. The lowest BCUT2D eigenvalue weighted by Gasteiger charge is -2.15. The molecular formula is C12H19N3O4S. The Morgan fingerprint density at radius 3 is 2.30 bits per heavy atom. The van der Waals surface area contributed by atoms with Crippen LogP contribution < -0.4 is 10.5 Å². The molecule has 0 aliphatic heterocycles. The molecular weight excluding hydrogens is 282 g/mol. The van der Waals surface area contributed by atoms with Crippen molar-refractivity contribution in [1.82, 2.24) is 4.72 Å². The van der Waals surface area contributed by atoms with Gasteiger partial charge in [0, 0.05) is 24.7 Å². The number of nitro benzene ring substituents is 1. The molecule has 0 amide bonds. The first-order valence-electron chi connectivity index (χ1n) is 6.23. The molecule has 0 radical (unpaired) electrons. The molecule has 0 spiro atoms. The standard InChI is InChI=1S/C12H19N3O4S/c1-9(2)12(13)7-8-14-20(18,19)11-5-3-10(4-6-11)15(16)17/h3-6,9,12,14H,7-8,13H2,1-2H3/t12-/m1/s1. The molecule has 0 aliphatic rings. The van der Waals surface area contributed by atoms with Crippen molar-refractivity contribution < 1.29 is 13.3 Å². The highest BCUT2D eigenvalue weighted by Gasteiger charge is 2.16. The van der Waals surface area contributed by atoms with Crippen LogP contribution in [0.1, 0.15) is 20.3 Å². The molecule has 8 heteroatoms. The van der Waals surface area contributed by atoms with Crippen molar-refractivity contribution in [1.29, 1.82) is 0 Å². The summed E-state index contributed by atoms with van der Waals surface area (Å²) < 4.78 is 26.3. The van der Waals surface area contributed by atoms with Gasteiger partial charge in [-0.15, -0.1) is 0 Å². The van der Waals surface area contributed by atoms with Gasteiger partial charge in [-0.2, -0.15) is 0 Å². The number of hydrogen-bond acceptors (Lipinski definition) is 5. The SMILES string of the molecule is CC(C)[C@H](N)CCNS(=O)(=O)c1ccc([N+](=O)[O-])cc1. The molecule has 1 aromatic rings. The number of rotatable bonds is 7. The number of sulfonamides is 1. The molecule has 20 heavy (non-hydrogen) atoms. The maximum absolute atomic E-state index is 11.9. The van der Waals surface area contributed by atoms with Gasteiger partial charge in [-0.1, -0.05) is 13.8 Å². The third-order valence-corrected chi connectivity index (χ3v) is 4.46. The second kappa shape index (κ2) is 6.78. The summed E-state index contributed by atoms with van der Waals surface area (Å²) in [5.41, 5.74) is 5.68. The Bertz CT molecular complexity index is 555. The van der Waals surface area contributed by atoms with Crippen molar-refractivity contribution in [3.8, 4) is 0 Å². The van der Waals surface area contributed by atoms with Crippen molar-refractivity contribution in [2.75, 3.05) is 6.54 Å². The first kappa shape index (κ1) is 16.5. The predicted molar refractivity (Wildman–Crippen MR) is 75.7 cm³/mol. The highest BCUT2D eigenvalue weighted by molar-refractivity contribution is 7.89. The quantitative estimate of drug-likeness (QED) is 0.581. The van der Waals surface area contributed by atoms with Gasteiger partial charge < -0.3 is 5.73 Å². The Balaban J connectivity index is 2.67. The average Bonchev–Trinajstić information content (AvgIpc) is 2.38. The normalized spacial score (nSPS) is 13.4. The smallest absolute Gasteiger partial charge is 0.269 e. The van der Waals surface area contributed by atoms with E-state index in [0.717, 1.165) is 12.1 Å². The van der Waals surface area contributed by atoms with Crippen LogP contribution in [-0.4, -0.2) is 25.9 Å². The summed E-state index contributed by atoms with van der Waals surface area (Å²) in [5.74, 6) is 0.277. The lowest BCUT2D eigenvalue weighted by Crippen LogP contribution is -2.33. The summed E-state index contributed by atoms with van der Waals surface area (Å²) in [6, 6.07) is 4.67. The van der Waals surface area contributed by atoms with Crippen molar-refractivity contribution in [3.63, 3.8) is 0 Å². The number of nitro groups is 1. The van der Waals surface area contributed by atoms with Crippen molar-refractivity contribution in [2.24, 2.45) is 11.7 Å². The van der Waals surface area contributed by atoms with Crippen LogP contribution in [0, 0.1) is 16.0 Å². The van der Waals surface area contributed by atoms with Crippen molar-refractivity contribution >= 4 is 15.7 Å². The van der Waals surface area contributed by atoms with Crippen LogP contribution in [0.2, 0.25) is 0 Å². The van der Waals surface area contributed by atoms with E-state index >= 15 is 0 Å². The van der Waals surface area contributed by atoms with Crippen molar-refractivity contribution in [3.05, 3.63) is 34.4 Å². The topological polar surface area (TPSA) is 115 Å². The summed E-state index contributed by atoms with van der Waals surface area (Å²) >= 11 is 0. The highest BCUT2D eigenvalue weighted by Crippen LogP contribution is 2.15. The zero-order valence-corrected chi connectivity index (χ0v) is 12.3. The largest absolute Gasteiger partial charge is 0.327 e. The maximum atomic E-state index is 11.9. The fourth-order valence-electron chi connectivity index (χ4n) is 1.52. The molecule has 0 aromatic heterocycles. The van der Waals surface area contributed by atoms with E-state index in [4.69, 9.17) is 5.73 Å². The van der Waals surface area contributed by atoms with Gasteiger partial charge in [0.25, 0.3) is 5.69 Å². The number of benzene rings is 1. The fraction of sp³-hybridized carbons (Fsp3) is 0.500. The van der Waals surface area contributed by atoms with Crippen molar-refractivity contribution in [2.45, 2.75) is 31.2 Å².